The Balaban J connectivity index is 2.08. The van der Waals surface area contributed by atoms with Gasteiger partial charge >= 0.3 is 0 Å². The molecular weight excluding hydrogens is 276 g/mol. The fourth-order valence-corrected chi connectivity index (χ4v) is 4.05. The van der Waals surface area contributed by atoms with E-state index in [9.17, 15) is 0 Å². The van der Waals surface area contributed by atoms with Gasteiger partial charge in [0.2, 0.25) is 0 Å². The Morgan fingerprint density at radius 1 is 1.29 bits per heavy atom. The highest BCUT2D eigenvalue weighted by Crippen LogP contribution is 2.45. The standard InChI is InChI=1S/C14H19BrN2/c1-10-7-11(15)8-12-13(10)17(2)14(9-16-12)5-3-4-6-14/h7-8,16H,3-6,9H2,1-2H3. The molecule has 3 heteroatoms. The second-order valence-corrected chi connectivity index (χ2v) is 6.38. The minimum atomic E-state index is 0.367. The van der Waals surface area contributed by atoms with Crippen LogP contribution < -0.4 is 10.2 Å². The summed E-state index contributed by atoms with van der Waals surface area (Å²) in [5.74, 6) is 0. The van der Waals surface area contributed by atoms with Crippen molar-refractivity contribution in [2.24, 2.45) is 0 Å². The first kappa shape index (κ1) is 11.4. The van der Waals surface area contributed by atoms with Crippen LogP contribution in [0.3, 0.4) is 0 Å². The van der Waals surface area contributed by atoms with E-state index in [1.165, 1.54) is 42.6 Å². The summed E-state index contributed by atoms with van der Waals surface area (Å²) in [4.78, 5) is 2.54. The third kappa shape index (κ3) is 1.67. The molecule has 0 amide bonds. The lowest BCUT2D eigenvalue weighted by Gasteiger charge is -2.46. The second kappa shape index (κ2) is 3.91. The van der Waals surface area contributed by atoms with Crippen molar-refractivity contribution in [1.29, 1.82) is 0 Å². The van der Waals surface area contributed by atoms with Gasteiger partial charge in [-0.1, -0.05) is 28.8 Å². The van der Waals surface area contributed by atoms with Crippen molar-refractivity contribution in [2.45, 2.75) is 38.1 Å². The number of anilines is 2. The van der Waals surface area contributed by atoms with Crippen molar-refractivity contribution in [1.82, 2.24) is 0 Å². The Bertz CT molecular complexity index is 450. The molecule has 1 spiro atoms. The molecule has 2 aliphatic rings. The molecule has 0 aromatic heterocycles. The minimum absolute atomic E-state index is 0.367. The number of rotatable bonds is 0. The number of aryl methyl sites for hydroxylation is 1. The van der Waals surface area contributed by atoms with E-state index >= 15 is 0 Å². The molecule has 1 aliphatic carbocycles. The molecule has 1 aromatic carbocycles. The van der Waals surface area contributed by atoms with Crippen LogP contribution in [0.2, 0.25) is 0 Å². The van der Waals surface area contributed by atoms with E-state index in [4.69, 9.17) is 0 Å². The first-order valence-corrected chi connectivity index (χ1v) is 7.20. The third-order valence-corrected chi connectivity index (χ3v) is 4.91. The molecule has 92 valence electrons. The molecule has 2 nitrogen and oxygen atoms in total. The fraction of sp³-hybridized carbons (Fsp3) is 0.571. The van der Waals surface area contributed by atoms with Crippen LogP contribution in [0.1, 0.15) is 31.2 Å². The average Bonchev–Trinajstić information content (AvgIpc) is 2.73. The number of nitrogens with one attached hydrogen (secondary N) is 1. The number of fused-ring (bicyclic) bond motifs is 1. The number of halogens is 1. The zero-order valence-electron chi connectivity index (χ0n) is 10.5. The summed E-state index contributed by atoms with van der Waals surface area (Å²) < 4.78 is 1.16. The first-order valence-electron chi connectivity index (χ1n) is 6.40. The van der Waals surface area contributed by atoms with Crippen LogP contribution in [0.25, 0.3) is 0 Å². The maximum Gasteiger partial charge on any atom is 0.0635 e. The summed E-state index contributed by atoms with van der Waals surface area (Å²) in [5.41, 5.74) is 4.39. The van der Waals surface area contributed by atoms with Gasteiger partial charge in [-0.25, -0.2) is 0 Å². The van der Waals surface area contributed by atoms with Crippen molar-refractivity contribution in [2.75, 3.05) is 23.8 Å². The molecule has 0 radical (unpaired) electrons. The van der Waals surface area contributed by atoms with Crippen molar-refractivity contribution in [3.63, 3.8) is 0 Å². The zero-order chi connectivity index (χ0) is 12.0. The molecule has 1 aliphatic heterocycles. The predicted molar refractivity (Wildman–Crippen MR) is 77.0 cm³/mol. The normalized spacial score (nSPS) is 21.5. The largest absolute Gasteiger partial charge is 0.381 e. The number of hydrogen-bond acceptors (Lipinski definition) is 2. The van der Waals surface area contributed by atoms with Gasteiger partial charge < -0.3 is 10.2 Å². The van der Waals surface area contributed by atoms with Crippen molar-refractivity contribution in [3.05, 3.63) is 22.2 Å². The molecule has 17 heavy (non-hydrogen) atoms. The molecule has 0 saturated heterocycles. The molecule has 1 aromatic rings. The van der Waals surface area contributed by atoms with E-state index in [2.05, 4.69) is 52.3 Å². The van der Waals surface area contributed by atoms with Gasteiger partial charge in [0.25, 0.3) is 0 Å². The van der Waals surface area contributed by atoms with Gasteiger partial charge in [0.15, 0.2) is 0 Å². The van der Waals surface area contributed by atoms with Gasteiger partial charge in [0, 0.05) is 18.1 Å². The van der Waals surface area contributed by atoms with Gasteiger partial charge in [-0.15, -0.1) is 0 Å². The summed E-state index contributed by atoms with van der Waals surface area (Å²) >= 11 is 3.58. The summed E-state index contributed by atoms with van der Waals surface area (Å²) in [6.07, 6.45) is 5.39. The maximum absolute atomic E-state index is 3.64. The summed E-state index contributed by atoms with van der Waals surface area (Å²) in [7, 11) is 2.27. The van der Waals surface area contributed by atoms with E-state index in [0.29, 0.717) is 5.54 Å². The van der Waals surface area contributed by atoms with E-state index in [1.54, 1.807) is 0 Å². The lowest BCUT2D eigenvalue weighted by molar-refractivity contribution is 0.428. The molecular formula is C14H19BrN2. The molecule has 0 unspecified atom stereocenters. The Morgan fingerprint density at radius 3 is 2.71 bits per heavy atom. The quantitative estimate of drug-likeness (QED) is 0.780. The number of benzene rings is 1. The summed E-state index contributed by atoms with van der Waals surface area (Å²) in [6.45, 7) is 3.29. The Morgan fingerprint density at radius 2 is 2.00 bits per heavy atom. The van der Waals surface area contributed by atoms with Gasteiger partial charge in [-0.05, 0) is 37.5 Å². The minimum Gasteiger partial charge on any atom is -0.381 e. The van der Waals surface area contributed by atoms with Crippen LogP contribution >= 0.6 is 15.9 Å². The van der Waals surface area contributed by atoms with Crippen LogP contribution in [0.5, 0.6) is 0 Å². The van der Waals surface area contributed by atoms with Gasteiger partial charge in [0.1, 0.15) is 0 Å². The highest BCUT2D eigenvalue weighted by Gasteiger charge is 2.41. The monoisotopic (exact) mass is 294 g/mol. The van der Waals surface area contributed by atoms with E-state index in [0.717, 1.165) is 11.0 Å². The lowest BCUT2D eigenvalue weighted by atomic mass is 9.91. The van der Waals surface area contributed by atoms with Crippen LogP contribution in [0, 0.1) is 6.92 Å². The number of nitrogens with zero attached hydrogens (tertiary/aromatic N) is 1. The van der Waals surface area contributed by atoms with Crippen molar-refractivity contribution in [3.8, 4) is 0 Å². The smallest absolute Gasteiger partial charge is 0.0635 e. The Kier molecular flexibility index (Phi) is 2.62. The summed E-state index contributed by atoms with van der Waals surface area (Å²) in [6, 6.07) is 4.41. The topological polar surface area (TPSA) is 15.3 Å². The Hall–Kier alpha value is -0.700. The van der Waals surface area contributed by atoms with Gasteiger partial charge in [-0.2, -0.15) is 0 Å². The SMILES string of the molecule is Cc1cc(Br)cc2c1N(C)C1(CCCC1)CN2. The molecule has 1 saturated carbocycles. The lowest BCUT2D eigenvalue weighted by Crippen LogP contribution is -2.53. The molecule has 1 fully saturated rings. The van der Waals surface area contributed by atoms with E-state index in [1.807, 2.05) is 0 Å². The first-order chi connectivity index (χ1) is 8.12. The molecule has 0 bridgehead atoms. The van der Waals surface area contributed by atoms with Crippen molar-refractivity contribution >= 4 is 27.3 Å². The molecule has 1 heterocycles. The van der Waals surface area contributed by atoms with E-state index in [-0.39, 0.29) is 0 Å². The van der Waals surface area contributed by atoms with Gasteiger partial charge in [-0.3, -0.25) is 0 Å². The summed E-state index contributed by atoms with van der Waals surface area (Å²) in [5, 5.41) is 3.64. The van der Waals surface area contributed by atoms with Gasteiger partial charge in [0.05, 0.1) is 16.9 Å². The predicted octanol–water partition coefficient (Wildman–Crippen LogP) is 3.93. The third-order valence-electron chi connectivity index (χ3n) is 4.45. The van der Waals surface area contributed by atoms with Crippen LogP contribution in [-0.4, -0.2) is 19.1 Å². The molecule has 3 rings (SSSR count). The highest BCUT2D eigenvalue weighted by molar-refractivity contribution is 9.10. The average molecular weight is 295 g/mol. The van der Waals surface area contributed by atoms with Crippen LogP contribution in [0.15, 0.2) is 16.6 Å². The maximum atomic E-state index is 3.64. The van der Waals surface area contributed by atoms with Crippen molar-refractivity contribution < 1.29 is 0 Å². The second-order valence-electron chi connectivity index (χ2n) is 5.46. The van der Waals surface area contributed by atoms with Crippen LogP contribution in [0.4, 0.5) is 11.4 Å². The Labute approximate surface area is 112 Å². The molecule has 1 N–H and O–H groups in total. The highest BCUT2D eigenvalue weighted by atomic mass is 79.9. The van der Waals surface area contributed by atoms with Crippen LogP contribution in [-0.2, 0) is 0 Å². The number of likely N-dealkylation sites (N-methyl/N-ethyl adjacent to an activating group) is 1. The zero-order valence-corrected chi connectivity index (χ0v) is 12.1. The fourth-order valence-electron chi connectivity index (χ4n) is 3.48. The number of hydrogen-bond donors (Lipinski definition) is 1. The van der Waals surface area contributed by atoms with E-state index < -0.39 is 0 Å². The molecule has 0 atom stereocenters.